The maximum absolute atomic E-state index is 14.5. The maximum Gasteiger partial charge on any atom is 0.418 e. The fourth-order valence-electron chi connectivity index (χ4n) is 3.25. The van der Waals surface area contributed by atoms with Gasteiger partial charge in [0, 0.05) is 18.5 Å². The minimum absolute atomic E-state index is 0.106. The van der Waals surface area contributed by atoms with Crippen LogP contribution in [0.25, 0.3) is 0 Å². The molecule has 0 saturated heterocycles. The molecule has 0 radical (unpaired) electrons. The first kappa shape index (κ1) is 24.0. The van der Waals surface area contributed by atoms with Crippen molar-refractivity contribution >= 4 is 23.2 Å². The number of hydrogen-bond acceptors (Lipinski definition) is 6. The quantitative estimate of drug-likeness (QED) is 0.436. The third-order valence-corrected chi connectivity index (χ3v) is 5.26. The third kappa shape index (κ3) is 5.50. The number of alkyl halides is 3. The number of rotatable bonds is 7. The van der Waals surface area contributed by atoms with Crippen LogP contribution in [-0.4, -0.2) is 32.3 Å². The first-order valence-corrected chi connectivity index (χ1v) is 10.2. The number of anilines is 2. The number of nitrogens with one attached hydrogen (secondary N) is 3. The van der Waals surface area contributed by atoms with Crippen molar-refractivity contribution in [3.05, 3.63) is 77.6 Å². The number of carbonyl (C=O) groups is 2. The zero-order valence-corrected chi connectivity index (χ0v) is 17.8. The monoisotopic (exact) mass is 492 g/mol. The first-order valence-electron chi connectivity index (χ1n) is 10.2. The van der Waals surface area contributed by atoms with E-state index in [4.69, 9.17) is 0 Å². The van der Waals surface area contributed by atoms with Crippen LogP contribution in [0, 0.1) is 11.6 Å². The summed E-state index contributed by atoms with van der Waals surface area (Å²) in [6, 6.07) is 2.95. The number of hydrogen-bond donors (Lipinski definition) is 3. The lowest BCUT2D eigenvalue weighted by molar-refractivity contribution is -0.137. The standard InChI is InChI=1S/C22H17F5N6O2/c23-13-1-2-17(15(5-13)22(25,26)27)32-14-6-16(24)18(30-9-14)10-31-20(35)21(3-4-21)33-19(34)12-7-28-11-29-8-12/h1-2,5-9,11,32H,3-4,10H2,(H,31,35)(H,33,34). The molecule has 3 N–H and O–H groups in total. The normalized spacial score (nSPS) is 14.2. The van der Waals surface area contributed by atoms with E-state index in [-0.39, 0.29) is 23.5 Å². The Morgan fingerprint density at radius 1 is 1.03 bits per heavy atom. The van der Waals surface area contributed by atoms with E-state index in [2.05, 4.69) is 30.9 Å². The van der Waals surface area contributed by atoms with E-state index < -0.39 is 46.4 Å². The first-order chi connectivity index (χ1) is 16.6. The molecule has 1 fully saturated rings. The van der Waals surface area contributed by atoms with Gasteiger partial charge in [-0.25, -0.2) is 18.7 Å². The van der Waals surface area contributed by atoms with Crippen molar-refractivity contribution in [2.45, 2.75) is 31.1 Å². The van der Waals surface area contributed by atoms with Crippen molar-refractivity contribution in [1.29, 1.82) is 0 Å². The average molecular weight is 492 g/mol. The van der Waals surface area contributed by atoms with Gasteiger partial charge >= 0.3 is 6.18 Å². The lowest BCUT2D eigenvalue weighted by atomic mass is 10.1. The Bertz CT molecular complexity index is 1260. The van der Waals surface area contributed by atoms with Gasteiger partial charge in [0.25, 0.3) is 5.91 Å². The lowest BCUT2D eigenvalue weighted by Crippen LogP contribution is -2.48. The molecule has 2 amide bonds. The Hall–Kier alpha value is -4.16. The van der Waals surface area contributed by atoms with Gasteiger partial charge in [0.2, 0.25) is 5.91 Å². The predicted octanol–water partition coefficient (Wildman–Crippen LogP) is 3.49. The molecule has 0 bridgehead atoms. The van der Waals surface area contributed by atoms with Crippen molar-refractivity contribution in [2.24, 2.45) is 0 Å². The average Bonchev–Trinajstić information content (AvgIpc) is 3.60. The molecule has 0 spiro atoms. The molecule has 0 aliphatic heterocycles. The van der Waals surface area contributed by atoms with Crippen LogP contribution >= 0.6 is 0 Å². The van der Waals surface area contributed by atoms with Gasteiger partial charge in [-0.1, -0.05) is 0 Å². The van der Waals surface area contributed by atoms with E-state index in [1.807, 2.05) is 0 Å². The molecule has 1 aliphatic rings. The molecule has 13 heteroatoms. The predicted molar refractivity (Wildman–Crippen MR) is 112 cm³/mol. The molecule has 0 atom stereocenters. The van der Waals surface area contributed by atoms with Crippen LogP contribution < -0.4 is 16.0 Å². The molecule has 2 heterocycles. The molecule has 8 nitrogen and oxygen atoms in total. The fourth-order valence-corrected chi connectivity index (χ4v) is 3.25. The summed E-state index contributed by atoms with van der Waals surface area (Å²) in [7, 11) is 0. The molecule has 1 aromatic carbocycles. The van der Waals surface area contributed by atoms with E-state index in [9.17, 15) is 31.5 Å². The number of carbonyl (C=O) groups excluding carboxylic acids is 2. The molecular weight excluding hydrogens is 475 g/mol. The highest BCUT2D eigenvalue weighted by atomic mass is 19.4. The van der Waals surface area contributed by atoms with Crippen molar-refractivity contribution in [1.82, 2.24) is 25.6 Å². The van der Waals surface area contributed by atoms with Crippen LogP contribution in [0.1, 0.15) is 34.5 Å². The summed E-state index contributed by atoms with van der Waals surface area (Å²) in [4.78, 5) is 36.2. The molecule has 3 aromatic rings. The smallest absolute Gasteiger partial charge is 0.354 e. The Morgan fingerprint density at radius 2 is 1.74 bits per heavy atom. The number of benzene rings is 1. The van der Waals surface area contributed by atoms with Crippen LogP contribution in [0.4, 0.5) is 33.3 Å². The highest BCUT2D eigenvalue weighted by Crippen LogP contribution is 2.37. The van der Waals surface area contributed by atoms with E-state index in [1.54, 1.807) is 0 Å². The molecule has 0 unspecified atom stereocenters. The SMILES string of the molecule is O=C(NC1(C(=O)NCc2ncc(Nc3ccc(F)cc3C(F)(F)F)cc2F)CC1)c1cncnc1. The molecule has 1 aliphatic carbocycles. The molecular formula is C22H17F5N6O2. The second-order valence-electron chi connectivity index (χ2n) is 7.81. The van der Waals surface area contributed by atoms with Gasteiger partial charge in [0.05, 0.1) is 40.9 Å². The minimum atomic E-state index is -4.83. The molecule has 35 heavy (non-hydrogen) atoms. The number of nitrogens with zero attached hydrogens (tertiary/aromatic N) is 3. The summed E-state index contributed by atoms with van der Waals surface area (Å²) in [5.74, 6) is -3.02. The van der Waals surface area contributed by atoms with Crippen LogP contribution in [0.5, 0.6) is 0 Å². The highest BCUT2D eigenvalue weighted by molar-refractivity contribution is 6.00. The zero-order chi connectivity index (χ0) is 25.2. The van der Waals surface area contributed by atoms with E-state index >= 15 is 0 Å². The molecule has 2 aromatic heterocycles. The summed E-state index contributed by atoms with van der Waals surface area (Å²) in [5.41, 5.74) is -2.97. The molecule has 1 saturated carbocycles. The number of amides is 2. The van der Waals surface area contributed by atoms with Crippen molar-refractivity contribution in [3.8, 4) is 0 Å². The van der Waals surface area contributed by atoms with Gasteiger partial charge in [-0.3, -0.25) is 14.6 Å². The molecule has 4 rings (SSSR count). The number of halogens is 5. The van der Waals surface area contributed by atoms with Crippen LogP contribution in [0.2, 0.25) is 0 Å². The summed E-state index contributed by atoms with van der Waals surface area (Å²) < 4.78 is 67.3. The van der Waals surface area contributed by atoms with Gasteiger partial charge < -0.3 is 16.0 Å². The van der Waals surface area contributed by atoms with Crippen molar-refractivity contribution in [2.75, 3.05) is 5.32 Å². The van der Waals surface area contributed by atoms with Gasteiger partial charge in [-0.2, -0.15) is 13.2 Å². The van der Waals surface area contributed by atoms with Crippen molar-refractivity contribution in [3.63, 3.8) is 0 Å². The van der Waals surface area contributed by atoms with Crippen molar-refractivity contribution < 1.29 is 31.5 Å². The summed E-state index contributed by atoms with van der Waals surface area (Å²) >= 11 is 0. The Balaban J connectivity index is 1.39. The topological polar surface area (TPSA) is 109 Å². The second-order valence-corrected chi connectivity index (χ2v) is 7.81. The van der Waals surface area contributed by atoms with Gasteiger partial charge in [0.15, 0.2) is 0 Å². The zero-order valence-electron chi connectivity index (χ0n) is 17.8. The summed E-state index contributed by atoms with van der Waals surface area (Å²) in [5, 5.41) is 7.50. The summed E-state index contributed by atoms with van der Waals surface area (Å²) in [6.07, 6.45) is 0.879. The van der Waals surface area contributed by atoms with E-state index in [1.165, 1.54) is 18.7 Å². The minimum Gasteiger partial charge on any atom is -0.354 e. The van der Waals surface area contributed by atoms with Crippen LogP contribution in [-0.2, 0) is 17.5 Å². The lowest BCUT2D eigenvalue weighted by Gasteiger charge is -2.17. The van der Waals surface area contributed by atoms with E-state index in [0.717, 1.165) is 24.4 Å². The van der Waals surface area contributed by atoms with Gasteiger partial charge in [-0.05, 0) is 31.0 Å². The Morgan fingerprint density at radius 3 is 2.37 bits per heavy atom. The van der Waals surface area contributed by atoms with Gasteiger partial charge in [-0.15, -0.1) is 0 Å². The number of pyridine rings is 1. The Labute approximate surface area is 195 Å². The van der Waals surface area contributed by atoms with Crippen LogP contribution in [0.15, 0.2) is 49.2 Å². The summed E-state index contributed by atoms with van der Waals surface area (Å²) in [6.45, 7) is -0.318. The van der Waals surface area contributed by atoms with Crippen LogP contribution in [0.3, 0.4) is 0 Å². The highest BCUT2D eigenvalue weighted by Gasteiger charge is 2.51. The largest absolute Gasteiger partial charge is 0.418 e. The maximum atomic E-state index is 14.5. The third-order valence-electron chi connectivity index (χ3n) is 5.26. The fraction of sp³-hybridized carbons (Fsp3) is 0.227. The number of aromatic nitrogens is 3. The van der Waals surface area contributed by atoms with E-state index in [0.29, 0.717) is 18.9 Å². The molecule has 182 valence electrons. The second kappa shape index (κ2) is 9.24. The Kier molecular flexibility index (Phi) is 6.33. The van der Waals surface area contributed by atoms with Gasteiger partial charge in [0.1, 0.15) is 23.5 Å².